The number of methoxy groups -OCH3 is 1. The molecule has 0 aliphatic heterocycles. The van der Waals surface area contributed by atoms with Crippen molar-refractivity contribution < 1.29 is 19.4 Å². The number of hydrogen-bond donors (Lipinski definition) is 2. The number of ether oxygens (including phenoxy) is 1. The van der Waals surface area contributed by atoms with E-state index in [4.69, 9.17) is 4.74 Å². The van der Waals surface area contributed by atoms with E-state index in [-0.39, 0.29) is 17.7 Å². The Morgan fingerprint density at radius 1 is 1.14 bits per heavy atom. The predicted octanol–water partition coefficient (Wildman–Crippen LogP) is 2.16. The summed E-state index contributed by atoms with van der Waals surface area (Å²) in [5, 5.41) is 12.2. The minimum absolute atomic E-state index is 0.0147. The van der Waals surface area contributed by atoms with Gasteiger partial charge in [0.1, 0.15) is 5.75 Å². The third-order valence-electron chi connectivity index (χ3n) is 4.40. The third kappa shape index (κ3) is 2.39. The Morgan fingerprint density at radius 3 is 2.33 bits per heavy atom. The van der Waals surface area contributed by atoms with E-state index in [1.807, 2.05) is 12.2 Å². The second-order valence-corrected chi connectivity index (χ2v) is 5.56. The largest absolute Gasteiger partial charge is 0.497 e. The molecule has 0 unspecified atom stereocenters. The van der Waals surface area contributed by atoms with Crippen LogP contribution in [0, 0.1) is 23.7 Å². The fourth-order valence-corrected chi connectivity index (χ4v) is 3.42. The number of carbonyl (C=O) groups is 2. The summed E-state index contributed by atoms with van der Waals surface area (Å²) >= 11 is 0. The summed E-state index contributed by atoms with van der Waals surface area (Å²) in [5.74, 6) is -1.48. The van der Waals surface area contributed by atoms with Gasteiger partial charge in [0, 0.05) is 5.69 Å². The monoisotopic (exact) mass is 287 g/mol. The number of allylic oxidation sites excluding steroid dienone is 2. The normalized spacial score (nSPS) is 29.4. The lowest BCUT2D eigenvalue weighted by molar-refractivity contribution is -0.146. The van der Waals surface area contributed by atoms with Crippen molar-refractivity contribution in [1.82, 2.24) is 0 Å². The Balaban J connectivity index is 1.75. The zero-order valence-corrected chi connectivity index (χ0v) is 11.7. The summed E-state index contributed by atoms with van der Waals surface area (Å²) in [6.07, 6.45) is 4.67. The molecule has 1 aromatic rings. The molecule has 1 amide bonds. The van der Waals surface area contributed by atoms with Gasteiger partial charge in [-0.25, -0.2) is 0 Å². The van der Waals surface area contributed by atoms with Crippen molar-refractivity contribution in [3.8, 4) is 5.75 Å². The number of carboxylic acid groups (broad SMARTS) is 1. The van der Waals surface area contributed by atoms with Gasteiger partial charge < -0.3 is 15.2 Å². The topological polar surface area (TPSA) is 75.6 Å². The third-order valence-corrected chi connectivity index (χ3v) is 4.40. The number of benzene rings is 1. The fourth-order valence-electron chi connectivity index (χ4n) is 3.42. The highest BCUT2D eigenvalue weighted by atomic mass is 16.5. The Bertz CT molecular complexity index is 593. The quantitative estimate of drug-likeness (QED) is 0.832. The van der Waals surface area contributed by atoms with Gasteiger partial charge in [0.05, 0.1) is 18.9 Å². The maximum atomic E-state index is 12.4. The van der Waals surface area contributed by atoms with Crippen LogP contribution < -0.4 is 10.1 Å². The number of rotatable bonds is 4. The molecule has 110 valence electrons. The molecule has 1 fully saturated rings. The molecule has 2 bridgehead atoms. The van der Waals surface area contributed by atoms with Gasteiger partial charge in [-0.1, -0.05) is 12.2 Å². The highest BCUT2D eigenvalue weighted by molar-refractivity contribution is 5.96. The second kappa shape index (κ2) is 5.24. The van der Waals surface area contributed by atoms with Crippen LogP contribution in [0.5, 0.6) is 5.75 Å². The maximum Gasteiger partial charge on any atom is 0.307 e. The Labute approximate surface area is 122 Å². The lowest BCUT2D eigenvalue weighted by atomic mass is 9.82. The van der Waals surface area contributed by atoms with Crippen molar-refractivity contribution in [2.24, 2.45) is 23.7 Å². The number of carbonyl (C=O) groups excluding carboxylic acids is 1. The minimum Gasteiger partial charge on any atom is -0.497 e. The molecule has 21 heavy (non-hydrogen) atoms. The molecule has 2 aliphatic carbocycles. The Hall–Kier alpha value is -2.30. The van der Waals surface area contributed by atoms with Crippen molar-refractivity contribution in [2.45, 2.75) is 6.42 Å². The summed E-state index contributed by atoms with van der Waals surface area (Å²) < 4.78 is 5.06. The van der Waals surface area contributed by atoms with Gasteiger partial charge in [-0.3, -0.25) is 9.59 Å². The van der Waals surface area contributed by atoms with Crippen LogP contribution in [0.25, 0.3) is 0 Å². The first-order valence-electron chi connectivity index (χ1n) is 6.96. The first-order valence-corrected chi connectivity index (χ1v) is 6.96. The van der Waals surface area contributed by atoms with Gasteiger partial charge in [-0.15, -0.1) is 0 Å². The summed E-state index contributed by atoms with van der Waals surface area (Å²) in [7, 11) is 1.58. The molecule has 2 aliphatic rings. The van der Waals surface area contributed by atoms with Crippen LogP contribution in [0.2, 0.25) is 0 Å². The lowest BCUT2D eigenvalue weighted by Gasteiger charge is -2.23. The smallest absolute Gasteiger partial charge is 0.307 e. The molecule has 0 radical (unpaired) electrons. The van der Waals surface area contributed by atoms with Crippen molar-refractivity contribution >= 4 is 17.6 Å². The summed E-state index contributed by atoms with van der Waals surface area (Å²) in [6.45, 7) is 0. The van der Waals surface area contributed by atoms with Crippen LogP contribution in [0.15, 0.2) is 36.4 Å². The van der Waals surface area contributed by atoms with Crippen molar-refractivity contribution in [1.29, 1.82) is 0 Å². The number of fused-ring (bicyclic) bond motifs is 2. The van der Waals surface area contributed by atoms with Crippen molar-refractivity contribution in [3.63, 3.8) is 0 Å². The standard InChI is InChI=1S/C16H17NO4/c1-21-12-6-4-11(5-7-12)17-15(18)13-9-2-3-10(8-9)14(13)16(19)20/h2-7,9-10,13-14H,8H2,1H3,(H,17,18)(H,19,20)/t9-,10+,13-,14-/m1/s1. The Kier molecular flexibility index (Phi) is 3.41. The summed E-state index contributed by atoms with van der Waals surface area (Å²) in [6, 6.07) is 7.00. The summed E-state index contributed by atoms with van der Waals surface area (Å²) in [5.41, 5.74) is 0.650. The Morgan fingerprint density at radius 2 is 1.76 bits per heavy atom. The lowest BCUT2D eigenvalue weighted by Crippen LogP contribution is -2.36. The molecular formula is C16H17NO4. The van der Waals surface area contributed by atoms with E-state index in [9.17, 15) is 14.7 Å². The highest BCUT2D eigenvalue weighted by Crippen LogP contribution is 2.48. The molecule has 1 saturated carbocycles. The number of aliphatic carboxylic acids is 1. The highest BCUT2D eigenvalue weighted by Gasteiger charge is 2.51. The minimum atomic E-state index is -0.887. The number of anilines is 1. The zero-order chi connectivity index (χ0) is 15.0. The summed E-state index contributed by atoms with van der Waals surface area (Å²) in [4.78, 5) is 23.8. The van der Waals surface area contributed by atoms with E-state index in [2.05, 4.69) is 5.32 Å². The van der Waals surface area contributed by atoms with E-state index in [1.54, 1.807) is 31.4 Å². The van der Waals surface area contributed by atoms with Crippen LogP contribution in [0.3, 0.4) is 0 Å². The van der Waals surface area contributed by atoms with Crippen LogP contribution in [-0.4, -0.2) is 24.1 Å². The molecular weight excluding hydrogens is 270 g/mol. The van der Waals surface area contributed by atoms with Crippen molar-refractivity contribution in [3.05, 3.63) is 36.4 Å². The number of nitrogens with one attached hydrogen (secondary N) is 1. The van der Waals surface area contributed by atoms with Gasteiger partial charge in [0.15, 0.2) is 0 Å². The molecule has 0 heterocycles. The van der Waals surface area contributed by atoms with Crippen LogP contribution >= 0.6 is 0 Å². The number of carboxylic acids is 1. The van der Waals surface area contributed by atoms with Gasteiger partial charge >= 0.3 is 5.97 Å². The second-order valence-electron chi connectivity index (χ2n) is 5.56. The molecule has 5 nitrogen and oxygen atoms in total. The first-order chi connectivity index (χ1) is 10.1. The molecule has 3 rings (SSSR count). The van der Waals surface area contributed by atoms with Gasteiger partial charge in [0.25, 0.3) is 0 Å². The molecule has 1 aromatic carbocycles. The maximum absolute atomic E-state index is 12.4. The van der Waals surface area contributed by atoms with E-state index < -0.39 is 17.8 Å². The van der Waals surface area contributed by atoms with Crippen LogP contribution in [-0.2, 0) is 9.59 Å². The van der Waals surface area contributed by atoms with Gasteiger partial charge in [-0.05, 0) is 42.5 Å². The van der Waals surface area contributed by atoms with Crippen LogP contribution in [0.1, 0.15) is 6.42 Å². The molecule has 4 atom stereocenters. The predicted molar refractivity (Wildman–Crippen MR) is 77.0 cm³/mol. The number of amides is 1. The zero-order valence-electron chi connectivity index (χ0n) is 11.7. The molecule has 0 saturated heterocycles. The van der Waals surface area contributed by atoms with Crippen molar-refractivity contribution in [2.75, 3.05) is 12.4 Å². The van der Waals surface area contributed by atoms with E-state index in [1.165, 1.54) is 0 Å². The van der Waals surface area contributed by atoms with Gasteiger partial charge in [-0.2, -0.15) is 0 Å². The number of hydrogen-bond acceptors (Lipinski definition) is 3. The van der Waals surface area contributed by atoms with Gasteiger partial charge in [0.2, 0.25) is 5.91 Å². The van der Waals surface area contributed by atoms with E-state index >= 15 is 0 Å². The van der Waals surface area contributed by atoms with E-state index in [0.29, 0.717) is 11.4 Å². The van der Waals surface area contributed by atoms with E-state index in [0.717, 1.165) is 6.42 Å². The SMILES string of the molecule is COc1ccc(NC(=O)[C@H]2[C@H](C(=O)O)[C@H]3C=C[C@@H]2C3)cc1. The average molecular weight is 287 g/mol. The molecule has 5 heteroatoms. The molecule has 0 aromatic heterocycles. The molecule has 0 spiro atoms. The average Bonchev–Trinajstić information content (AvgIpc) is 3.08. The van der Waals surface area contributed by atoms with Crippen LogP contribution in [0.4, 0.5) is 5.69 Å². The first kappa shape index (κ1) is 13.7. The molecule has 2 N–H and O–H groups in total. The fraction of sp³-hybridized carbons (Fsp3) is 0.375.